The molecule has 6 heteroatoms. The SMILES string of the molecule is CCOCC(NC(=O)OCc1ccccc1)C(=O)NCc1ccccc1. The van der Waals surface area contributed by atoms with Crippen LogP contribution in [0.2, 0.25) is 0 Å². The monoisotopic (exact) mass is 356 g/mol. The van der Waals surface area contributed by atoms with E-state index in [9.17, 15) is 9.59 Å². The Morgan fingerprint density at radius 3 is 2.19 bits per heavy atom. The molecule has 2 rings (SSSR count). The van der Waals surface area contributed by atoms with Gasteiger partial charge in [-0.1, -0.05) is 60.7 Å². The fourth-order valence-corrected chi connectivity index (χ4v) is 2.23. The number of benzene rings is 2. The van der Waals surface area contributed by atoms with E-state index >= 15 is 0 Å². The quantitative estimate of drug-likeness (QED) is 0.724. The van der Waals surface area contributed by atoms with Crippen LogP contribution in [0, 0.1) is 0 Å². The molecule has 0 spiro atoms. The Morgan fingerprint density at radius 2 is 1.58 bits per heavy atom. The van der Waals surface area contributed by atoms with Gasteiger partial charge in [-0.25, -0.2) is 4.79 Å². The zero-order chi connectivity index (χ0) is 18.6. The van der Waals surface area contributed by atoms with Crippen molar-refractivity contribution in [1.29, 1.82) is 0 Å². The molecule has 0 aromatic heterocycles. The van der Waals surface area contributed by atoms with E-state index in [-0.39, 0.29) is 19.1 Å². The molecule has 2 amide bonds. The van der Waals surface area contributed by atoms with Gasteiger partial charge in [0.05, 0.1) is 6.61 Å². The fourth-order valence-electron chi connectivity index (χ4n) is 2.23. The molecule has 0 fully saturated rings. The Kier molecular flexibility index (Phi) is 8.15. The zero-order valence-corrected chi connectivity index (χ0v) is 14.8. The van der Waals surface area contributed by atoms with E-state index in [2.05, 4.69) is 10.6 Å². The molecule has 138 valence electrons. The molecule has 0 heterocycles. The molecule has 2 aromatic rings. The minimum Gasteiger partial charge on any atom is -0.445 e. The van der Waals surface area contributed by atoms with Crippen molar-refractivity contribution in [1.82, 2.24) is 10.6 Å². The van der Waals surface area contributed by atoms with Gasteiger partial charge in [0.1, 0.15) is 12.6 Å². The van der Waals surface area contributed by atoms with Crippen molar-refractivity contribution in [3.63, 3.8) is 0 Å². The molecule has 2 aromatic carbocycles. The lowest BCUT2D eigenvalue weighted by Crippen LogP contribution is -2.49. The summed E-state index contributed by atoms with van der Waals surface area (Å²) in [6.07, 6.45) is -0.659. The highest BCUT2D eigenvalue weighted by Crippen LogP contribution is 2.02. The van der Waals surface area contributed by atoms with Crippen molar-refractivity contribution < 1.29 is 19.1 Å². The summed E-state index contributed by atoms with van der Waals surface area (Å²) in [5.74, 6) is -0.320. The van der Waals surface area contributed by atoms with Crippen molar-refractivity contribution in [3.8, 4) is 0 Å². The third kappa shape index (κ3) is 6.94. The molecule has 0 saturated heterocycles. The average molecular weight is 356 g/mol. The summed E-state index contributed by atoms with van der Waals surface area (Å²) in [5, 5.41) is 5.36. The highest BCUT2D eigenvalue weighted by molar-refractivity contribution is 5.85. The van der Waals surface area contributed by atoms with Gasteiger partial charge in [0.15, 0.2) is 0 Å². The van der Waals surface area contributed by atoms with Crippen LogP contribution in [0.1, 0.15) is 18.1 Å². The van der Waals surface area contributed by atoms with Crippen molar-refractivity contribution in [2.45, 2.75) is 26.1 Å². The predicted octanol–water partition coefficient (Wildman–Crippen LogP) is 2.63. The predicted molar refractivity (Wildman–Crippen MR) is 98.3 cm³/mol. The number of carbonyl (C=O) groups excluding carboxylic acids is 2. The summed E-state index contributed by atoms with van der Waals surface area (Å²) < 4.78 is 10.5. The van der Waals surface area contributed by atoms with E-state index in [4.69, 9.17) is 9.47 Å². The first kappa shape index (κ1) is 19.5. The van der Waals surface area contributed by atoms with Crippen molar-refractivity contribution in [2.75, 3.05) is 13.2 Å². The maximum Gasteiger partial charge on any atom is 0.408 e. The van der Waals surface area contributed by atoms with Gasteiger partial charge < -0.3 is 20.1 Å². The first-order valence-electron chi connectivity index (χ1n) is 8.55. The average Bonchev–Trinajstić information content (AvgIpc) is 2.69. The maximum absolute atomic E-state index is 12.4. The van der Waals surface area contributed by atoms with Crippen LogP contribution in [0.15, 0.2) is 60.7 Å². The van der Waals surface area contributed by atoms with Crippen molar-refractivity contribution in [2.24, 2.45) is 0 Å². The second-order valence-corrected chi connectivity index (χ2v) is 5.62. The van der Waals surface area contributed by atoms with Crippen LogP contribution in [-0.4, -0.2) is 31.3 Å². The molecule has 0 radical (unpaired) electrons. The molecule has 0 saturated carbocycles. The summed E-state index contributed by atoms with van der Waals surface area (Å²) in [5.41, 5.74) is 1.85. The minimum atomic E-state index is -0.818. The minimum absolute atomic E-state index is 0.0809. The number of nitrogens with one attached hydrogen (secondary N) is 2. The molecule has 0 aliphatic rings. The molecule has 6 nitrogen and oxygen atoms in total. The van der Waals surface area contributed by atoms with Gasteiger partial charge in [-0.15, -0.1) is 0 Å². The first-order chi connectivity index (χ1) is 12.7. The Labute approximate surface area is 153 Å². The van der Waals surface area contributed by atoms with Gasteiger partial charge in [0.25, 0.3) is 0 Å². The van der Waals surface area contributed by atoms with Crippen molar-refractivity contribution >= 4 is 12.0 Å². The Morgan fingerprint density at radius 1 is 0.962 bits per heavy atom. The molecule has 0 aliphatic carbocycles. The van der Waals surface area contributed by atoms with Gasteiger partial charge >= 0.3 is 6.09 Å². The largest absolute Gasteiger partial charge is 0.445 e. The molecule has 1 unspecified atom stereocenters. The lowest BCUT2D eigenvalue weighted by atomic mass is 10.2. The number of hydrogen-bond donors (Lipinski definition) is 2. The van der Waals surface area contributed by atoms with Crippen LogP contribution in [0.25, 0.3) is 0 Å². The van der Waals surface area contributed by atoms with E-state index in [1.807, 2.05) is 67.6 Å². The molecular weight excluding hydrogens is 332 g/mol. The van der Waals surface area contributed by atoms with E-state index in [0.29, 0.717) is 13.2 Å². The third-order valence-electron chi connectivity index (χ3n) is 3.62. The number of hydrogen-bond acceptors (Lipinski definition) is 4. The van der Waals surface area contributed by atoms with Gasteiger partial charge in [-0.3, -0.25) is 4.79 Å². The van der Waals surface area contributed by atoms with E-state index in [1.165, 1.54) is 0 Å². The van der Waals surface area contributed by atoms with Crippen LogP contribution in [0.4, 0.5) is 4.79 Å². The fraction of sp³-hybridized carbons (Fsp3) is 0.300. The van der Waals surface area contributed by atoms with E-state index in [1.54, 1.807) is 0 Å². The highest BCUT2D eigenvalue weighted by Gasteiger charge is 2.21. The van der Waals surface area contributed by atoms with Crippen LogP contribution < -0.4 is 10.6 Å². The number of carbonyl (C=O) groups is 2. The third-order valence-corrected chi connectivity index (χ3v) is 3.62. The van der Waals surface area contributed by atoms with Crippen LogP contribution in [0.5, 0.6) is 0 Å². The summed E-state index contributed by atoms with van der Waals surface area (Å²) in [6.45, 7) is 2.87. The van der Waals surface area contributed by atoms with E-state index in [0.717, 1.165) is 11.1 Å². The van der Waals surface area contributed by atoms with Crippen molar-refractivity contribution in [3.05, 3.63) is 71.8 Å². The topological polar surface area (TPSA) is 76.7 Å². The molecule has 2 N–H and O–H groups in total. The summed E-state index contributed by atoms with van der Waals surface area (Å²) in [4.78, 5) is 24.4. The Balaban J connectivity index is 1.84. The summed E-state index contributed by atoms with van der Waals surface area (Å²) >= 11 is 0. The number of ether oxygens (including phenoxy) is 2. The zero-order valence-electron chi connectivity index (χ0n) is 14.8. The van der Waals surface area contributed by atoms with Gasteiger partial charge in [0.2, 0.25) is 5.91 Å². The second-order valence-electron chi connectivity index (χ2n) is 5.62. The lowest BCUT2D eigenvalue weighted by Gasteiger charge is -2.18. The first-order valence-corrected chi connectivity index (χ1v) is 8.55. The standard InChI is InChI=1S/C20H24N2O4/c1-2-25-15-18(19(23)21-13-16-9-5-3-6-10-16)22-20(24)26-14-17-11-7-4-8-12-17/h3-12,18H,2,13-15H2,1H3,(H,21,23)(H,22,24). The lowest BCUT2D eigenvalue weighted by molar-refractivity contribution is -0.124. The number of alkyl carbamates (subject to hydrolysis) is 1. The van der Waals surface area contributed by atoms with Gasteiger partial charge in [-0.05, 0) is 18.1 Å². The molecule has 0 bridgehead atoms. The summed E-state index contributed by atoms with van der Waals surface area (Å²) in [7, 11) is 0. The number of amides is 2. The molecule has 26 heavy (non-hydrogen) atoms. The van der Waals surface area contributed by atoms with Crippen LogP contribution in [-0.2, 0) is 27.4 Å². The smallest absolute Gasteiger partial charge is 0.408 e. The normalized spacial score (nSPS) is 11.4. The Hall–Kier alpha value is -2.86. The Bertz CT molecular complexity index is 677. The molecular formula is C20H24N2O4. The maximum atomic E-state index is 12.4. The second kappa shape index (κ2) is 10.9. The van der Waals surface area contributed by atoms with Gasteiger partial charge in [-0.2, -0.15) is 0 Å². The highest BCUT2D eigenvalue weighted by atomic mass is 16.5. The van der Waals surface area contributed by atoms with Gasteiger partial charge in [0, 0.05) is 13.2 Å². The molecule has 0 aliphatic heterocycles. The van der Waals surface area contributed by atoms with E-state index < -0.39 is 12.1 Å². The summed E-state index contributed by atoms with van der Waals surface area (Å²) in [6, 6.07) is 18.1. The molecule has 1 atom stereocenters. The number of rotatable bonds is 9. The van der Waals surface area contributed by atoms with Crippen LogP contribution >= 0.6 is 0 Å². The van der Waals surface area contributed by atoms with Crippen LogP contribution in [0.3, 0.4) is 0 Å².